The molecule has 1 aliphatic rings. The topological polar surface area (TPSA) is 131 Å². The van der Waals surface area contributed by atoms with Crippen molar-refractivity contribution in [3.63, 3.8) is 0 Å². The summed E-state index contributed by atoms with van der Waals surface area (Å²) < 4.78 is 55.2. The molecule has 0 atom stereocenters. The first-order valence-corrected chi connectivity index (χ1v) is 26.3. The first-order chi connectivity index (χ1) is 30.9. The second-order valence-electron chi connectivity index (χ2n) is 16.2. The summed E-state index contributed by atoms with van der Waals surface area (Å²) in [4.78, 5) is 12.2. The van der Waals surface area contributed by atoms with Crippen LogP contribution in [0.15, 0.2) is 104 Å². The number of allylic oxidation sites excluding steroid dienone is 4. The zero-order valence-corrected chi connectivity index (χ0v) is 41.2. The van der Waals surface area contributed by atoms with Crippen LogP contribution in [-0.4, -0.2) is 90.0 Å². The van der Waals surface area contributed by atoms with Gasteiger partial charge in [0.05, 0.1) is 0 Å². The van der Waals surface area contributed by atoms with E-state index in [1.54, 1.807) is 0 Å². The molecule has 0 radical (unpaired) electrons. The summed E-state index contributed by atoms with van der Waals surface area (Å²) in [6.45, 7) is 22.8. The van der Waals surface area contributed by atoms with Gasteiger partial charge in [0.2, 0.25) is 17.1 Å². The predicted octanol–water partition coefficient (Wildman–Crippen LogP) is 10.6. The lowest BCUT2D eigenvalue weighted by Gasteiger charge is -2.25. The van der Waals surface area contributed by atoms with Gasteiger partial charge in [-0.1, -0.05) is 80.1 Å². The number of benzene rings is 2. The van der Waals surface area contributed by atoms with E-state index in [0.717, 1.165) is 64.3 Å². The molecule has 0 unspecified atom stereocenters. The zero-order valence-electron chi connectivity index (χ0n) is 39.5. The number of nitrogens with zero attached hydrogens (tertiary/aromatic N) is 9. The molecule has 0 saturated heterocycles. The van der Waals surface area contributed by atoms with Crippen LogP contribution < -0.4 is 14.4 Å². The summed E-state index contributed by atoms with van der Waals surface area (Å²) >= 11 is 0. The highest BCUT2D eigenvalue weighted by Crippen LogP contribution is 2.31. The third kappa shape index (κ3) is 15.4. The molecule has 64 heavy (non-hydrogen) atoms. The lowest BCUT2D eigenvalue weighted by Crippen LogP contribution is -2.26. The Hall–Kier alpha value is -4.86. The maximum atomic E-state index is 11.5. The van der Waals surface area contributed by atoms with Crippen LogP contribution in [0.3, 0.4) is 0 Å². The number of aromatic nitrogens is 4. The first-order valence-electron chi connectivity index (χ1n) is 23.5. The smallest absolute Gasteiger partial charge is 0.214 e. The van der Waals surface area contributed by atoms with E-state index in [9.17, 15) is 16.8 Å². The zero-order chi connectivity index (χ0) is 46.4. The average molecular weight is 917 g/mol. The Morgan fingerprint density at radius 1 is 0.562 bits per heavy atom. The fraction of sp³-hybridized carbons (Fsp3) is 0.510. The van der Waals surface area contributed by atoms with Gasteiger partial charge in [-0.15, -0.1) is 0 Å². The van der Waals surface area contributed by atoms with Gasteiger partial charge < -0.3 is 13.9 Å². The minimum Gasteiger partial charge on any atom is -0.398 e. The Morgan fingerprint density at radius 3 is 1.39 bits per heavy atom. The van der Waals surface area contributed by atoms with Crippen molar-refractivity contribution in [2.24, 2.45) is 0 Å². The van der Waals surface area contributed by atoms with Gasteiger partial charge in [-0.25, -0.2) is 39.3 Å². The maximum Gasteiger partial charge on any atom is 0.214 e. The second kappa shape index (κ2) is 26.8. The van der Waals surface area contributed by atoms with E-state index in [0.29, 0.717) is 7.94 Å². The molecular formula is C49H74N9O4S2+. The van der Waals surface area contributed by atoms with Crippen molar-refractivity contribution in [2.75, 3.05) is 49.1 Å². The van der Waals surface area contributed by atoms with Gasteiger partial charge in [-0.3, -0.25) is 0 Å². The summed E-state index contributed by atoms with van der Waals surface area (Å²) in [5.41, 5.74) is 9.02. The van der Waals surface area contributed by atoms with E-state index in [1.807, 2.05) is 0 Å². The van der Waals surface area contributed by atoms with Gasteiger partial charge in [0.15, 0.2) is 26.1 Å². The molecule has 2 aromatic carbocycles. The van der Waals surface area contributed by atoms with Crippen LogP contribution >= 0.6 is 0 Å². The standard InChI is InChI=1S/C43H68N4.C6H6N5O4S2/c1-8-14-30-44(31-15-9-2)38-20-24-40(25-21-38)47(41-26-22-39(23-27-41)45(32-16-10-3)33-17-11-4)43-29-28-42(36-37(43)7)46(34-18-12-5)35-19-13-6;12-16(13,10-3-1-7-5-10)9-17(14,15)11-4-2-8-6-11/h20-29,36H,8-19,30-35H2,1-7H3;1-6H/q+2;-1. The molecule has 0 aliphatic heterocycles. The minimum absolute atomic E-state index is 0.585. The molecular weight excluding hydrogens is 843 g/mol. The highest BCUT2D eigenvalue weighted by molar-refractivity contribution is 8.10. The highest BCUT2D eigenvalue weighted by Gasteiger charge is 2.24. The fourth-order valence-corrected chi connectivity index (χ4v) is 9.64. The first kappa shape index (κ1) is 51.8. The van der Waals surface area contributed by atoms with Crippen LogP contribution in [0.5, 0.6) is 0 Å². The Balaban J connectivity index is 0.000000438. The van der Waals surface area contributed by atoms with Crippen LogP contribution in [-0.2, 0) is 20.4 Å². The Morgan fingerprint density at radius 2 is 0.984 bits per heavy atom. The van der Waals surface area contributed by atoms with Crippen LogP contribution in [0.2, 0.25) is 0 Å². The third-order valence-corrected chi connectivity index (χ3v) is 14.1. The summed E-state index contributed by atoms with van der Waals surface area (Å²) in [6.07, 6.45) is 30.5. The number of imidazole rings is 2. The molecule has 2 heterocycles. The van der Waals surface area contributed by atoms with Gasteiger partial charge >= 0.3 is 0 Å². The summed E-state index contributed by atoms with van der Waals surface area (Å²) in [5, 5.41) is 0. The van der Waals surface area contributed by atoms with E-state index < -0.39 is 20.4 Å². The largest absolute Gasteiger partial charge is 0.398 e. The molecule has 5 rings (SSSR count). The summed E-state index contributed by atoms with van der Waals surface area (Å²) in [7, 11) is -8.72. The number of hydrogen-bond donors (Lipinski definition) is 0. The van der Waals surface area contributed by atoms with Gasteiger partial charge in [0, 0.05) is 123 Å². The lowest BCUT2D eigenvalue weighted by molar-refractivity contribution is -0.527. The summed E-state index contributed by atoms with van der Waals surface area (Å²) in [6, 6.07) is 16.5. The number of unbranched alkanes of at least 4 members (excludes halogenated alkanes) is 6. The number of anilines is 2. The third-order valence-electron chi connectivity index (χ3n) is 11.1. The Labute approximate surface area is 385 Å². The van der Waals surface area contributed by atoms with Crippen molar-refractivity contribution in [1.29, 1.82) is 0 Å². The normalized spacial score (nSPS) is 12.6. The van der Waals surface area contributed by atoms with Gasteiger partial charge in [-0.2, -0.15) is 4.58 Å². The van der Waals surface area contributed by atoms with Crippen LogP contribution in [0.25, 0.3) is 4.13 Å². The van der Waals surface area contributed by atoms with Gasteiger partial charge in [0.25, 0.3) is 0 Å². The van der Waals surface area contributed by atoms with E-state index in [2.05, 4.69) is 148 Å². The van der Waals surface area contributed by atoms with E-state index in [-0.39, 0.29) is 0 Å². The van der Waals surface area contributed by atoms with Crippen molar-refractivity contribution in [1.82, 2.24) is 22.5 Å². The molecule has 0 fully saturated rings. The van der Waals surface area contributed by atoms with Crippen molar-refractivity contribution >= 4 is 54.6 Å². The van der Waals surface area contributed by atoms with Gasteiger partial charge in [-0.05, 0) is 56.9 Å². The minimum atomic E-state index is -4.36. The molecule has 15 heteroatoms. The molecule has 1 aliphatic carbocycles. The molecule has 2 aromatic heterocycles. The molecule has 0 saturated carbocycles. The van der Waals surface area contributed by atoms with Crippen LogP contribution in [0.4, 0.5) is 22.7 Å². The maximum absolute atomic E-state index is 11.5. The van der Waals surface area contributed by atoms with E-state index >= 15 is 0 Å². The second-order valence-corrected chi connectivity index (χ2v) is 19.5. The highest BCUT2D eigenvalue weighted by atomic mass is 32.3. The Kier molecular flexibility index (Phi) is 21.7. The SMILES string of the molecule is CCCCN(CCCC)c1ccc([N+](=C2C=CC(=[N+](CCCC)CCCC)C=C2)c2ccc(N(CCCC)CCCC)cc2C)cc1.O=S(=O)([N-]S(=O)(=O)n1ccnc1)n1ccnc1. The van der Waals surface area contributed by atoms with Crippen molar-refractivity contribution < 1.29 is 21.4 Å². The molecule has 13 nitrogen and oxygen atoms in total. The quantitative estimate of drug-likeness (QED) is 0.0450. The van der Waals surface area contributed by atoms with E-state index in [1.165, 1.54) is 129 Å². The van der Waals surface area contributed by atoms with Crippen LogP contribution in [0, 0.1) is 6.92 Å². The monoisotopic (exact) mass is 917 g/mol. The average Bonchev–Trinajstić information content (AvgIpc) is 4.06. The molecule has 0 spiro atoms. The van der Waals surface area contributed by atoms with Gasteiger partial charge in [0.1, 0.15) is 25.7 Å². The van der Waals surface area contributed by atoms with Crippen molar-refractivity contribution in [3.8, 4) is 0 Å². The predicted molar refractivity (Wildman–Crippen MR) is 268 cm³/mol. The molecule has 350 valence electrons. The summed E-state index contributed by atoms with van der Waals surface area (Å²) in [5.74, 6) is 0. The molecule has 0 bridgehead atoms. The Bertz CT molecular complexity index is 2230. The van der Waals surface area contributed by atoms with Crippen molar-refractivity contribution in [2.45, 2.75) is 126 Å². The lowest BCUT2D eigenvalue weighted by atomic mass is 10.1. The number of aryl methyl sites for hydroxylation is 1. The van der Waals surface area contributed by atoms with E-state index in [4.69, 9.17) is 0 Å². The number of rotatable bonds is 26. The fourth-order valence-electron chi connectivity index (χ4n) is 7.31. The van der Waals surface area contributed by atoms with Crippen molar-refractivity contribution in [3.05, 3.63) is 114 Å². The number of hydrogen-bond acceptors (Lipinski definition) is 8. The molecule has 0 amide bonds. The molecule has 0 N–H and O–H groups in total. The van der Waals surface area contributed by atoms with Crippen LogP contribution in [0.1, 0.15) is 124 Å². The molecule has 4 aromatic rings.